The molecular formula is C9H16O2. The number of ether oxygens (including phenoxy) is 1. The molecule has 1 N–H and O–H groups in total. The standard InChI is InChI=1S/C9H16O2/c1-7(10)9-6-4-3-5-8(9,2)11-9/h7,10H,3-6H2,1-2H3/t7-,8-,9-/m0/s1. The van der Waals surface area contributed by atoms with Crippen LogP contribution in [-0.2, 0) is 4.74 Å². The molecule has 1 saturated carbocycles. The van der Waals surface area contributed by atoms with Crippen LogP contribution < -0.4 is 0 Å². The Morgan fingerprint density at radius 1 is 1.36 bits per heavy atom. The second-order valence-electron chi connectivity index (χ2n) is 4.11. The molecule has 1 aliphatic heterocycles. The summed E-state index contributed by atoms with van der Waals surface area (Å²) in [6, 6.07) is 0. The number of rotatable bonds is 1. The lowest BCUT2D eigenvalue weighted by molar-refractivity contribution is 0.0819. The third kappa shape index (κ3) is 0.798. The van der Waals surface area contributed by atoms with Gasteiger partial charge in [0.05, 0.1) is 11.7 Å². The van der Waals surface area contributed by atoms with Gasteiger partial charge in [-0.3, -0.25) is 0 Å². The van der Waals surface area contributed by atoms with Crippen molar-refractivity contribution in [3.63, 3.8) is 0 Å². The fraction of sp³-hybridized carbons (Fsp3) is 1.00. The molecule has 11 heavy (non-hydrogen) atoms. The summed E-state index contributed by atoms with van der Waals surface area (Å²) in [6.45, 7) is 3.97. The van der Waals surface area contributed by atoms with Gasteiger partial charge in [-0.1, -0.05) is 12.8 Å². The molecule has 0 unspecified atom stereocenters. The van der Waals surface area contributed by atoms with Crippen molar-refractivity contribution >= 4 is 0 Å². The molecule has 1 aliphatic carbocycles. The first-order valence-corrected chi connectivity index (χ1v) is 4.49. The second kappa shape index (κ2) is 1.99. The van der Waals surface area contributed by atoms with Crippen LogP contribution in [0.2, 0.25) is 0 Å². The van der Waals surface area contributed by atoms with Crippen molar-refractivity contribution in [2.75, 3.05) is 0 Å². The highest BCUT2D eigenvalue weighted by Gasteiger charge is 2.69. The number of aliphatic hydroxyl groups is 1. The number of epoxide rings is 1. The molecule has 2 heteroatoms. The minimum atomic E-state index is -0.298. The van der Waals surface area contributed by atoms with Gasteiger partial charge < -0.3 is 9.84 Å². The summed E-state index contributed by atoms with van der Waals surface area (Å²) < 4.78 is 5.66. The van der Waals surface area contributed by atoms with Crippen molar-refractivity contribution in [1.29, 1.82) is 0 Å². The minimum absolute atomic E-state index is 0.0133. The van der Waals surface area contributed by atoms with Crippen LogP contribution in [-0.4, -0.2) is 22.4 Å². The first kappa shape index (κ1) is 7.56. The molecular weight excluding hydrogens is 140 g/mol. The maximum Gasteiger partial charge on any atom is 0.123 e. The van der Waals surface area contributed by atoms with Gasteiger partial charge in [0.2, 0.25) is 0 Å². The van der Waals surface area contributed by atoms with E-state index < -0.39 is 0 Å². The summed E-state index contributed by atoms with van der Waals surface area (Å²) >= 11 is 0. The number of fused-ring (bicyclic) bond motifs is 1. The van der Waals surface area contributed by atoms with E-state index in [0.717, 1.165) is 12.8 Å². The van der Waals surface area contributed by atoms with Crippen molar-refractivity contribution < 1.29 is 9.84 Å². The van der Waals surface area contributed by atoms with Crippen molar-refractivity contribution in [2.45, 2.75) is 56.8 Å². The predicted molar refractivity (Wildman–Crippen MR) is 42.4 cm³/mol. The normalized spacial score (nSPS) is 51.5. The van der Waals surface area contributed by atoms with Crippen molar-refractivity contribution in [3.05, 3.63) is 0 Å². The van der Waals surface area contributed by atoms with Gasteiger partial charge in [0.1, 0.15) is 5.60 Å². The summed E-state index contributed by atoms with van der Waals surface area (Å²) in [4.78, 5) is 0. The quantitative estimate of drug-likeness (QED) is 0.583. The van der Waals surface area contributed by atoms with Crippen LogP contribution in [0, 0.1) is 0 Å². The lowest BCUT2D eigenvalue weighted by Crippen LogP contribution is -2.36. The molecule has 0 spiro atoms. The highest BCUT2D eigenvalue weighted by atomic mass is 16.6. The van der Waals surface area contributed by atoms with Gasteiger partial charge in [-0.25, -0.2) is 0 Å². The number of hydrogen-bond donors (Lipinski definition) is 1. The zero-order chi connectivity index (χ0) is 8.11. The fourth-order valence-corrected chi connectivity index (χ4v) is 2.54. The van der Waals surface area contributed by atoms with E-state index >= 15 is 0 Å². The fourth-order valence-electron chi connectivity index (χ4n) is 2.54. The molecule has 2 rings (SSSR count). The average molecular weight is 156 g/mol. The number of aliphatic hydroxyl groups excluding tert-OH is 1. The van der Waals surface area contributed by atoms with Gasteiger partial charge in [0.15, 0.2) is 0 Å². The molecule has 1 saturated heterocycles. The maximum atomic E-state index is 9.52. The number of hydrogen-bond acceptors (Lipinski definition) is 2. The van der Waals surface area contributed by atoms with Crippen LogP contribution in [0.25, 0.3) is 0 Å². The maximum absolute atomic E-state index is 9.52. The predicted octanol–water partition coefficient (Wildman–Crippen LogP) is 1.47. The SMILES string of the molecule is C[C@H](O)[C@@]12CCCC[C@]1(C)O2. The molecule has 0 radical (unpaired) electrons. The van der Waals surface area contributed by atoms with E-state index in [-0.39, 0.29) is 17.3 Å². The Hall–Kier alpha value is -0.0800. The van der Waals surface area contributed by atoms with Crippen LogP contribution in [0.3, 0.4) is 0 Å². The highest BCUT2D eigenvalue weighted by Crippen LogP contribution is 2.58. The van der Waals surface area contributed by atoms with Gasteiger partial charge in [0, 0.05) is 0 Å². The van der Waals surface area contributed by atoms with Crippen LogP contribution >= 0.6 is 0 Å². The van der Waals surface area contributed by atoms with Gasteiger partial charge in [-0.05, 0) is 26.7 Å². The molecule has 2 aliphatic rings. The van der Waals surface area contributed by atoms with Crippen molar-refractivity contribution in [1.82, 2.24) is 0 Å². The third-order valence-electron chi connectivity index (χ3n) is 3.39. The van der Waals surface area contributed by atoms with Crippen molar-refractivity contribution in [2.24, 2.45) is 0 Å². The lowest BCUT2D eigenvalue weighted by Gasteiger charge is -2.24. The molecule has 0 aromatic carbocycles. The lowest BCUT2D eigenvalue weighted by atomic mass is 9.78. The molecule has 0 aromatic heterocycles. The van der Waals surface area contributed by atoms with E-state index in [1.807, 2.05) is 6.92 Å². The Balaban J connectivity index is 2.16. The van der Waals surface area contributed by atoms with Gasteiger partial charge >= 0.3 is 0 Å². The van der Waals surface area contributed by atoms with Gasteiger partial charge in [-0.15, -0.1) is 0 Å². The second-order valence-corrected chi connectivity index (χ2v) is 4.11. The molecule has 0 aromatic rings. The Morgan fingerprint density at radius 3 is 2.45 bits per heavy atom. The molecule has 2 nitrogen and oxygen atoms in total. The Bertz CT molecular complexity index is 174. The minimum Gasteiger partial charge on any atom is -0.390 e. The third-order valence-corrected chi connectivity index (χ3v) is 3.39. The largest absolute Gasteiger partial charge is 0.390 e. The van der Waals surface area contributed by atoms with Gasteiger partial charge in [0.25, 0.3) is 0 Å². The Labute approximate surface area is 67.6 Å². The molecule has 2 fully saturated rings. The van der Waals surface area contributed by atoms with E-state index in [9.17, 15) is 5.11 Å². The first-order chi connectivity index (χ1) is 5.11. The van der Waals surface area contributed by atoms with E-state index in [2.05, 4.69) is 6.92 Å². The van der Waals surface area contributed by atoms with Crippen LogP contribution in [0.5, 0.6) is 0 Å². The van der Waals surface area contributed by atoms with Crippen LogP contribution in [0.1, 0.15) is 39.5 Å². The topological polar surface area (TPSA) is 32.8 Å². The van der Waals surface area contributed by atoms with Gasteiger partial charge in [-0.2, -0.15) is 0 Å². The summed E-state index contributed by atoms with van der Waals surface area (Å²) in [5.74, 6) is 0. The first-order valence-electron chi connectivity index (χ1n) is 4.49. The van der Waals surface area contributed by atoms with E-state index in [1.165, 1.54) is 12.8 Å². The summed E-state index contributed by atoms with van der Waals surface area (Å²) in [6.07, 6.45) is 4.33. The molecule has 1 heterocycles. The van der Waals surface area contributed by atoms with E-state index in [0.29, 0.717) is 0 Å². The van der Waals surface area contributed by atoms with E-state index in [1.54, 1.807) is 0 Å². The molecule has 0 amide bonds. The Kier molecular flexibility index (Phi) is 1.37. The molecule has 0 bridgehead atoms. The van der Waals surface area contributed by atoms with Crippen molar-refractivity contribution in [3.8, 4) is 0 Å². The molecule has 64 valence electrons. The summed E-state index contributed by atoms with van der Waals surface area (Å²) in [5.41, 5.74) is -0.148. The smallest absolute Gasteiger partial charge is 0.123 e. The summed E-state index contributed by atoms with van der Waals surface area (Å²) in [5, 5.41) is 9.52. The Morgan fingerprint density at radius 2 is 2.00 bits per heavy atom. The zero-order valence-electron chi connectivity index (χ0n) is 7.26. The monoisotopic (exact) mass is 156 g/mol. The van der Waals surface area contributed by atoms with E-state index in [4.69, 9.17) is 4.74 Å². The zero-order valence-corrected chi connectivity index (χ0v) is 7.26. The van der Waals surface area contributed by atoms with Crippen LogP contribution in [0.15, 0.2) is 0 Å². The molecule has 3 atom stereocenters. The highest BCUT2D eigenvalue weighted by molar-refractivity contribution is 5.17. The summed E-state index contributed by atoms with van der Waals surface area (Å²) in [7, 11) is 0. The average Bonchev–Trinajstić information content (AvgIpc) is 2.56. The van der Waals surface area contributed by atoms with Crippen LogP contribution in [0.4, 0.5) is 0 Å².